The molecule has 0 unspecified atom stereocenters. The Morgan fingerprint density at radius 2 is 2.06 bits per heavy atom. The molecule has 1 heterocycles. The van der Waals surface area contributed by atoms with Crippen LogP contribution in [0.2, 0.25) is 0 Å². The summed E-state index contributed by atoms with van der Waals surface area (Å²) in [6, 6.07) is 13.5. The van der Waals surface area contributed by atoms with E-state index in [1.54, 1.807) is 18.3 Å². The fourth-order valence-corrected chi connectivity index (χ4v) is 1.65. The lowest BCUT2D eigenvalue weighted by Crippen LogP contribution is -1.93. The molecule has 0 aliphatic carbocycles. The number of hydrogen-bond donors (Lipinski definition) is 0. The lowest BCUT2D eigenvalue weighted by molar-refractivity contribution is 0.565. The van der Waals surface area contributed by atoms with Gasteiger partial charge in [-0.05, 0) is 42.7 Å². The third-order valence-corrected chi connectivity index (χ3v) is 2.48. The number of aliphatic imine (C=N–C) groups is 1. The van der Waals surface area contributed by atoms with Crippen molar-refractivity contribution in [3.8, 4) is 0 Å². The molecule has 17 heavy (non-hydrogen) atoms. The summed E-state index contributed by atoms with van der Waals surface area (Å²) >= 11 is 0. The predicted octanol–water partition coefficient (Wildman–Crippen LogP) is 2.83. The van der Waals surface area contributed by atoms with Gasteiger partial charge >= 0.3 is 0 Å². The maximum absolute atomic E-state index is 10.2. The van der Waals surface area contributed by atoms with Gasteiger partial charge in [-0.3, -0.25) is 4.98 Å². The Hall–Kier alpha value is -2.25. The molecule has 0 saturated heterocycles. The van der Waals surface area contributed by atoms with Crippen molar-refractivity contribution in [1.29, 1.82) is 0 Å². The van der Waals surface area contributed by atoms with Crippen LogP contribution >= 0.6 is 0 Å². The molecule has 0 amide bonds. The van der Waals surface area contributed by atoms with E-state index < -0.39 is 0 Å². The molecule has 3 heteroatoms. The summed E-state index contributed by atoms with van der Waals surface area (Å²) in [5.41, 5.74) is 2.86. The van der Waals surface area contributed by atoms with E-state index in [9.17, 15) is 4.79 Å². The van der Waals surface area contributed by atoms with Crippen molar-refractivity contribution < 1.29 is 4.79 Å². The van der Waals surface area contributed by atoms with Gasteiger partial charge in [-0.25, -0.2) is 4.79 Å². The zero-order valence-electron chi connectivity index (χ0n) is 9.34. The Morgan fingerprint density at radius 1 is 1.12 bits per heavy atom. The van der Waals surface area contributed by atoms with E-state index in [0.717, 1.165) is 24.1 Å². The number of benzene rings is 1. The van der Waals surface area contributed by atoms with Crippen LogP contribution in [0.4, 0.5) is 5.69 Å². The van der Waals surface area contributed by atoms with Crippen LogP contribution in [0, 0.1) is 0 Å². The standard InChI is InChI=1S/C14H12N2O/c17-11-16-14-6-3-4-12(10-14)7-8-13-5-1-2-9-15-13/h1-6,9-10H,7-8H2. The summed E-state index contributed by atoms with van der Waals surface area (Å²) < 4.78 is 0. The molecule has 2 aromatic rings. The second-order valence-corrected chi connectivity index (χ2v) is 3.69. The number of isocyanates is 1. The zero-order valence-corrected chi connectivity index (χ0v) is 9.34. The molecular weight excluding hydrogens is 212 g/mol. The fraction of sp³-hybridized carbons (Fsp3) is 0.143. The fourth-order valence-electron chi connectivity index (χ4n) is 1.65. The van der Waals surface area contributed by atoms with Crippen LogP contribution < -0.4 is 0 Å². The number of pyridine rings is 1. The predicted molar refractivity (Wildman–Crippen MR) is 65.9 cm³/mol. The van der Waals surface area contributed by atoms with E-state index in [1.165, 1.54) is 0 Å². The number of rotatable bonds is 4. The van der Waals surface area contributed by atoms with E-state index in [0.29, 0.717) is 5.69 Å². The summed E-state index contributed by atoms with van der Waals surface area (Å²) in [4.78, 5) is 18.0. The largest absolute Gasteiger partial charge is 0.261 e. The third kappa shape index (κ3) is 3.37. The first-order valence-electron chi connectivity index (χ1n) is 5.45. The van der Waals surface area contributed by atoms with Crippen LogP contribution in [0.3, 0.4) is 0 Å². The summed E-state index contributed by atoms with van der Waals surface area (Å²) in [5, 5.41) is 0. The van der Waals surface area contributed by atoms with E-state index >= 15 is 0 Å². The molecule has 0 atom stereocenters. The Kier molecular flexibility index (Phi) is 3.79. The smallest absolute Gasteiger partial charge is 0.240 e. The molecule has 1 aromatic carbocycles. The minimum absolute atomic E-state index is 0.651. The zero-order chi connectivity index (χ0) is 11.9. The molecule has 0 spiro atoms. The quantitative estimate of drug-likeness (QED) is 0.592. The van der Waals surface area contributed by atoms with Crippen LogP contribution in [0.5, 0.6) is 0 Å². The van der Waals surface area contributed by atoms with Crippen molar-refractivity contribution in [2.45, 2.75) is 12.8 Å². The Morgan fingerprint density at radius 3 is 2.82 bits per heavy atom. The van der Waals surface area contributed by atoms with Crippen molar-refractivity contribution in [2.24, 2.45) is 4.99 Å². The molecule has 0 aliphatic heterocycles. The number of aryl methyl sites for hydroxylation is 2. The first-order chi connectivity index (χ1) is 8.38. The van der Waals surface area contributed by atoms with Gasteiger partial charge in [0.25, 0.3) is 0 Å². The van der Waals surface area contributed by atoms with Gasteiger partial charge < -0.3 is 0 Å². The maximum atomic E-state index is 10.2. The van der Waals surface area contributed by atoms with Crippen molar-refractivity contribution >= 4 is 11.8 Å². The summed E-state index contributed by atoms with van der Waals surface area (Å²) in [5.74, 6) is 0. The van der Waals surface area contributed by atoms with Gasteiger partial charge in [-0.2, -0.15) is 4.99 Å². The molecule has 0 fully saturated rings. The van der Waals surface area contributed by atoms with Crippen LogP contribution in [0.25, 0.3) is 0 Å². The monoisotopic (exact) mass is 224 g/mol. The highest BCUT2D eigenvalue weighted by Gasteiger charge is 1.97. The van der Waals surface area contributed by atoms with E-state index in [-0.39, 0.29) is 0 Å². The van der Waals surface area contributed by atoms with Crippen LogP contribution in [-0.2, 0) is 17.6 Å². The first kappa shape index (κ1) is 11.2. The molecular formula is C14H12N2O. The average Bonchev–Trinajstić information content (AvgIpc) is 2.39. The molecule has 2 rings (SSSR count). The second kappa shape index (κ2) is 5.73. The van der Waals surface area contributed by atoms with Crippen molar-refractivity contribution in [3.05, 3.63) is 59.9 Å². The highest BCUT2D eigenvalue weighted by Crippen LogP contribution is 2.14. The van der Waals surface area contributed by atoms with Crippen LogP contribution in [-0.4, -0.2) is 11.1 Å². The van der Waals surface area contributed by atoms with Gasteiger partial charge in [0.1, 0.15) is 0 Å². The lowest BCUT2D eigenvalue weighted by atomic mass is 10.1. The summed E-state index contributed by atoms with van der Waals surface area (Å²) in [6.45, 7) is 0. The van der Waals surface area contributed by atoms with E-state index in [4.69, 9.17) is 0 Å². The Balaban J connectivity index is 2.04. The van der Waals surface area contributed by atoms with Gasteiger partial charge in [-0.15, -0.1) is 0 Å². The van der Waals surface area contributed by atoms with Gasteiger partial charge in [0, 0.05) is 11.9 Å². The van der Waals surface area contributed by atoms with E-state index in [2.05, 4.69) is 9.98 Å². The van der Waals surface area contributed by atoms with Gasteiger partial charge in [0.2, 0.25) is 6.08 Å². The third-order valence-electron chi connectivity index (χ3n) is 2.48. The van der Waals surface area contributed by atoms with Gasteiger partial charge in [0.15, 0.2) is 0 Å². The topological polar surface area (TPSA) is 42.3 Å². The highest BCUT2D eigenvalue weighted by molar-refractivity contribution is 5.49. The molecule has 0 saturated carbocycles. The first-order valence-corrected chi connectivity index (χ1v) is 5.45. The molecule has 0 aliphatic rings. The number of nitrogens with zero attached hydrogens (tertiary/aromatic N) is 2. The van der Waals surface area contributed by atoms with Crippen LogP contribution in [0.15, 0.2) is 53.7 Å². The Labute approximate surface area is 99.9 Å². The van der Waals surface area contributed by atoms with Crippen molar-refractivity contribution in [3.63, 3.8) is 0 Å². The molecule has 1 aromatic heterocycles. The van der Waals surface area contributed by atoms with Crippen molar-refractivity contribution in [1.82, 2.24) is 4.98 Å². The second-order valence-electron chi connectivity index (χ2n) is 3.69. The SMILES string of the molecule is O=C=Nc1cccc(CCc2ccccn2)c1. The normalized spacial score (nSPS) is 9.65. The van der Waals surface area contributed by atoms with Crippen molar-refractivity contribution in [2.75, 3.05) is 0 Å². The molecule has 0 N–H and O–H groups in total. The number of hydrogen-bond acceptors (Lipinski definition) is 3. The van der Waals surface area contributed by atoms with Crippen LogP contribution in [0.1, 0.15) is 11.3 Å². The van der Waals surface area contributed by atoms with Gasteiger partial charge in [-0.1, -0.05) is 18.2 Å². The summed E-state index contributed by atoms with van der Waals surface area (Å²) in [7, 11) is 0. The Bertz CT molecular complexity index is 531. The minimum atomic E-state index is 0.651. The maximum Gasteiger partial charge on any atom is 0.240 e. The summed E-state index contributed by atoms with van der Waals surface area (Å²) in [6.07, 6.45) is 5.11. The minimum Gasteiger partial charge on any atom is -0.261 e. The number of carbonyl (C=O) groups excluding carboxylic acids is 1. The highest BCUT2D eigenvalue weighted by atomic mass is 16.1. The van der Waals surface area contributed by atoms with Gasteiger partial charge in [0.05, 0.1) is 5.69 Å². The lowest BCUT2D eigenvalue weighted by Gasteiger charge is -2.01. The average molecular weight is 224 g/mol. The van der Waals surface area contributed by atoms with E-state index in [1.807, 2.05) is 36.4 Å². The molecule has 0 bridgehead atoms. The molecule has 84 valence electrons. The molecule has 3 nitrogen and oxygen atoms in total. The number of aromatic nitrogens is 1. The molecule has 0 radical (unpaired) electrons.